The van der Waals surface area contributed by atoms with E-state index in [0.29, 0.717) is 17.3 Å². The summed E-state index contributed by atoms with van der Waals surface area (Å²) in [5.41, 5.74) is 5.60. The number of nitrogens with two attached hydrogens (primary N) is 1. The molecule has 15 heavy (non-hydrogen) atoms. The molecule has 1 saturated heterocycles. The Bertz CT molecular complexity index is 318. The lowest BCUT2D eigenvalue weighted by Crippen LogP contribution is -2.44. The Balaban J connectivity index is 1.94. The van der Waals surface area contributed by atoms with Crippen molar-refractivity contribution in [2.45, 2.75) is 32.6 Å². The fraction of sp³-hybridized carbons (Fsp3) is 0.700. The SMILES string of the molecule is CC1CN(Cc2cnc(N)s2)CC(C)O1. The minimum absolute atomic E-state index is 0.319. The zero-order chi connectivity index (χ0) is 10.8. The molecule has 0 aliphatic carbocycles. The summed E-state index contributed by atoms with van der Waals surface area (Å²) in [6.45, 7) is 7.14. The summed E-state index contributed by atoms with van der Waals surface area (Å²) in [6, 6.07) is 0. The summed E-state index contributed by atoms with van der Waals surface area (Å²) in [4.78, 5) is 7.68. The van der Waals surface area contributed by atoms with Crippen LogP contribution in [0.2, 0.25) is 0 Å². The second kappa shape index (κ2) is 4.47. The number of hydrogen-bond donors (Lipinski definition) is 1. The number of nitrogens with zero attached hydrogens (tertiary/aromatic N) is 2. The summed E-state index contributed by atoms with van der Waals surface area (Å²) in [6.07, 6.45) is 2.50. The maximum atomic E-state index is 5.68. The van der Waals surface area contributed by atoms with Gasteiger partial charge in [0.05, 0.1) is 12.2 Å². The van der Waals surface area contributed by atoms with Gasteiger partial charge in [0.15, 0.2) is 5.13 Å². The number of morpholine rings is 1. The van der Waals surface area contributed by atoms with E-state index in [-0.39, 0.29) is 0 Å². The van der Waals surface area contributed by atoms with Gasteiger partial charge >= 0.3 is 0 Å². The van der Waals surface area contributed by atoms with Crippen molar-refractivity contribution in [1.29, 1.82) is 0 Å². The second-order valence-corrected chi connectivity index (χ2v) is 5.26. The first-order valence-electron chi connectivity index (χ1n) is 5.21. The van der Waals surface area contributed by atoms with Gasteiger partial charge in [-0.1, -0.05) is 0 Å². The van der Waals surface area contributed by atoms with Gasteiger partial charge in [0.1, 0.15) is 0 Å². The minimum Gasteiger partial charge on any atom is -0.375 e. The lowest BCUT2D eigenvalue weighted by atomic mass is 10.2. The van der Waals surface area contributed by atoms with Crippen LogP contribution in [0, 0.1) is 0 Å². The van der Waals surface area contributed by atoms with Crippen LogP contribution in [0.15, 0.2) is 6.20 Å². The van der Waals surface area contributed by atoms with E-state index in [2.05, 4.69) is 23.7 Å². The Kier molecular flexibility index (Phi) is 3.23. The number of thiazole rings is 1. The smallest absolute Gasteiger partial charge is 0.180 e. The quantitative estimate of drug-likeness (QED) is 0.828. The number of ether oxygens (including phenoxy) is 1. The van der Waals surface area contributed by atoms with Crippen LogP contribution in [-0.2, 0) is 11.3 Å². The molecule has 1 aromatic heterocycles. The molecule has 0 aromatic carbocycles. The molecule has 0 amide bonds. The number of hydrogen-bond acceptors (Lipinski definition) is 5. The second-order valence-electron chi connectivity index (χ2n) is 4.12. The zero-order valence-electron chi connectivity index (χ0n) is 9.14. The van der Waals surface area contributed by atoms with Crippen molar-refractivity contribution >= 4 is 16.5 Å². The normalized spacial score (nSPS) is 28.1. The predicted molar refractivity (Wildman–Crippen MR) is 61.8 cm³/mol. The fourth-order valence-electron chi connectivity index (χ4n) is 2.03. The standard InChI is InChI=1S/C10H17N3OS/c1-7-4-13(5-8(2)14-7)6-9-3-12-10(11)15-9/h3,7-8H,4-6H2,1-2H3,(H2,11,12). The van der Waals surface area contributed by atoms with Crippen LogP contribution >= 0.6 is 11.3 Å². The van der Waals surface area contributed by atoms with Crippen LogP contribution in [0.3, 0.4) is 0 Å². The van der Waals surface area contributed by atoms with E-state index in [0.717, 1.165) is 19.6 Å². The van der Waals surface area contributed by atoms with Gasteiger partial charge in [-0.25, -0.2) is 4.98 Å². The molecule has 0 saturated carbocycles. The molecule has 4 nitrogen and oxygen atoms in total. The summed E-state index contributed by atoms with van der Waals surface area (Å²) in [5.74, 6) is 0. The van der Waals surface area contributed by atoms with Crippen molar-refractivity contribution < 1.29 is 4.74 Å². The summed E-state index contributed by atoms with van der Waals surface area (Å²) in [5, 5.41) is 0.652. The third-order valence-electron chi connectivity index (χ3n) is 2.45. The van der Waals surface area contributed by atoms with Crippen LogP contribution in [0.4, 0.5) is 5.13 Å². The molecule has 5 heteroatoms. The third kappa shape index (κ3) is 2.90. The minimum atomic E-state index is 0.319. The average Bonchev–Trinajstić information content (AvgIpc) is 2.49. The van der Waals surface area contributed by atoms with Crippen molar-refractivity contribution in [2.75, 3.05) is 18.8 Å². The van der Waals surface area contributed by atoms with Crippen molar-refractivity contribution in [3.63, 3.8) is 0 Å². The molecule has 1 aromatic rings. The van der Waals surface area contributed by atoms with Crippen LogP contribution in [0.5, 0.6) is 0 Å². The molecular formula is C10H17N3OS. The molecule has 2 atom stereocenters. The molecule has 1 fully saturated rings. The molecule has 0 radical (unpaired) electrons. The molecule has 2 unspecified atom stereocenters. The molecule has 0 bridgehead atoms. The van der Waals surface area contributed by atoms with Gasteiger partial charge in [0, 0.05) is 30.7 Å². The van der Waals surface area contributed by atoms with E-state index in [4.69, 9.17) is 10.5 Å². The number of rotatable bonds is 2. The molecule has 1 aliphatic heterocycles. The van der Waals surface area contributed by atoms with E-state index in [1.165, 1.54) is 4.88 Å². The van der Waals surface area contributed by atoms with E-state index in [1.807, 2.05) is 6.20 Å². The van der Waals surface area contributed by atoms with Crippen LogP contribution in [-0.4, -0.2) is 35.2 Å². The van der Waals surface area contributed by atoms with Gasteiger partial charge in [0.2, 0.25) is 0 Å². The van der Waals surface area contributed by atoms with Crippen molar-refractivity contribution in [1.82, 2.24) is 9.88 Å². The maximum absolute atomic E-state index is 5.68. The van der Waals surface area contributed by atoms with Gasteiger partial charge in [-0.2, -0.15) is 0 Å². The Morgan fingerprint density at radius 2 is 2.20 bits per heavy atom. The first-order chi connectivity index (χ1) is 7.13. The molecule has 0 spiro atoms. The highest BCUT2D eigenvalue weighted by molar-refractivity contribution is 7.15. The van der Waals surface area contributed by atoms with Gasteiger partial charge in [-0.05, 0) is 13.8 Å². The number of aromatic nitrogens is 1. The van der Waals surface area contributed by atoms with E-state index in [1.54, 1.807) is 11.3 Å². The maximum Gasteiger partial charge on any atom is 0.180 e. The number of anilines is 1. The van der Waals surface area contributed by atoms with Crippen molar-refractivity contribution in [2.24, 2.45) is 0 Å². The summed E-state index contributed by atoms with van der Waals surface area (Å²) < 4.78 is 5.68. The van der Waals surface area contributed by atoms with E-state index < -0.39 is 0 Å². The largest absolute Gasteiger partial charge is 0.375 e. The lowest BCUT2D eigenvalue weighted by Gasteiger charge is -2.34. The van der Waals surface area contributed by atoms with Crippen molar-refractivity contribution in [3.8, 4) is 0 Å². The summed E-state index contributed by atoms with van der Waals surface area (Å²) in [7, 11) is 0. The highest BCUT2D eigenvalue weighted by Crippen LogP contribution is 2.19. The third-order valence-corrected chi connectivity index (χ3v) is 3.26. The Morgan fingerprint density at radius 3 is 2.73 bits per heavy atom. The van der Waals surface area contributed by atoms with E-state index in [9.17, 15) is 0 Å². The molecule has 84 valence electrons. The van der Waals surface area contributed by atoms with Crippen LogP contribution in [0.25, 0.3) is 0 Å². The zero-order valence-corrected chi connectivity index (χ0v) is 9.96. The van der Waals surface area contributed by atoms with Gasteiger partial charge in [-0.15, -0.1) is 11.3 Å². The predicted octanol–water partition coefficient (Wildman–Crippen LogP) is 1.33. The Hall–Kier alpha value is -0.650. The highest BCUT2D eigenvalue weighted by atomic mass is 32.1. The first kappa shape index (κ1) is 10.9. The molecule has 2 rings (SSSR count). The number of nitrogen functional groups attached to an aromatic ring is 1. The Labute approximate surface area is 94.1 Å². The van der Waals surface area contributed by atoms with Gasteiger partial charge in [-0.3, -0.25) is 4.90 Å². The molecular weight excluding hydrogens is 210 g/mol. The van der Waals surface area contributed by atoms with Crippen LogP contribution in [0.1, 0.15) is 18.7 Å². The first-order valence-corrected chi connectivity index (χ1v) is 6.03. The summed E-state index contributed by atoms with van der Waals surface area (Å²) >= 11 is 1.57. The fourth-order valence-corrected chi connectivity index (χ4v) is 2.76. The van der Waals surface area contributed by atoms with Crippen LogP contribution < -0.4 is 5.73 Å². The van der Waals surface area contributed by atoms with Crippen molar-refractivity contribution in [3.05, 3.63) is 11.1 Å². The molecule has 2 N–H and O–H groups in total. The molecule has 2 heterocycles. The van der Waals surface area contributed by atoms with Gasteiger partial charge < -0.3 is 10.5 Å². The highest BCUT2D eigenvalue weighted by Gasteiger charge is 2.22. The average molecular weight is 227 g/mol. The monoisotopic (exact) mass is 227 g/mol. The Morgan fingerprint density at radius 1 is 1.53 bits per heavy atom. The molecule has 1 aliphatic rings. The lowest BCUT2D eigenvalue weighted by molar-refractivity contribution is -0.0702. The van der Waals surface area contributed by atoms with E-state index >= 15 is 0 Å². The van der Waals surface area contributed by atoms with Gasteiger partial charge in [0.25, 0.3) is 0 Å². The topological polar surface area (TPSA) is 51.4 Å².